The van der Waals surface area contributed by atoms with Crippen LogP contribution in [0.2, 0.25) is 5.02 Å². The number of rotatable bonds is 6. The molecule has 7 nitrogen and oxygen atoms in total. The predicted molar refractivity (Wildman–Crippen MR) is 104 cm³/mol. The van der Waals surface area contributed by atoms with Crippen molar-refractivity contribution in [3.05, 3.63) is 64.3 Å². The zero-order chi connectivity index (χ0) is 21.1. The number of aliphatic carboxylic acids is 1. The number of nitrogens with zero attached hydrogens (tertiary/aromatic N) is 1. The topological polar surface area (TPSA) is 97.7 Å². The number of ether oxygens (including phenoxy) is 2. The van der Waals surface area contributed by atoms with E-state index in [0.29, 0.717) is 38.5 Å². The molecule has 3 rings (SSSR count). The van der Waals surface area contributed by atoms with Crippen molar-refractivity contribution in [1.29, 1.82) is 0 Å². The maximum absolute atomic E-state index is 13.1. The van der Waals surface area contributed by atoms with Gasteiger partial charge in [0.2, 0.25) is 0 Å². The Morgan fingerprint density at radius 1 is 1.10 bits per heavy atom. The lowest BCUT2D eigenvalue weighted by molar-refractivity contribution is -0.308. The Labute approximate surface area is 171 Å². The summed E-state index contributed by atoms with van der Waals surface area (Å²) in [6, 6.07) is 11.6. The summed E-state index contributed by atoms with van der Waals surface area (Å²) in [6.45, 7) is 0.880. The Kier molecular flexibility index (Phi) is 5.89. The van der Waals surface area contributed by atoms with Crippen molar-refractivity contribution in [2.45, 2.75) is 13.3 Å². The van der Waals surface area contributed by atoms with Gasteiger partial charge in [-0.2, -0.15) is 0 Å². The van der Waals surface area contributed by atoms with E-state index in [2.05, 4.69) is 0 Å². The van der Waals surface area contributed by atoms with Crippen LogP contribution in [0, 0.1) is 6.92 Å². The lowest BCUT2D eigenvalue weighted by Crippen LogP contribution is -2.29. The summed E-state index contributed by atoms with van der Waals surface area (Å²) in [5.74, 6) is -1.96. The number of benzene rings is 2. The second-order valence-corrected chi connectivity index (χ2v) is 6.74. The molecule has 0 saturated heterocycles. The van der Waals surface area contributed by atoms with Gasteiger partial charge in [0.05, 0.1) is 25.0 Å². The largest absolute Gasteiger partial charge is 0.546 e. The van der Waals surface area contributed by atoms with Crippen LogP contribution in [0.1, 0.15) is 21.6 Å². The van der Waals surface area contributed by atoms with Crippen LogP contribution < -0.4 is 9.84 Å². The molecule has 2 aromatic carbocycles. The summed E-state index contributed by atoms with van der Waals surface area (Å²) in [5.41, 5.74) is 2.10. The van der Waals surface area contributed by atoms with Gasteiger partial charge in [0.25, 0.3) is 5.91 Å². The van der Waals surface area contributed by atoms with Crippen LogP contribution in [-0.4, -0.2) is 36.1 Å². The monoisotopic (exact) mass is 414 g/mol. The fourth-order valence-electron chi connectivity index (χ4n) is 3.13. The quantitative estimate of drug-likeness (QED) is 0.573. The van der Waals surface area contributed by atoms with E-state index in [1.807, 2.05) is 0 Å². The van der Waals surface area contributed by atoms with Crippen LogP contribution in [0.4, 0.5) is 0 Å². The number of fused-ring (bicyclic) bond motifs is 1. The van der Waals surface area contributed by atoms with Gasteiger partial charge in [0, 0.05) is 21.7 Å². The van der Waals surface area contributed by atoms with Gasteiger partial charge in [-0.15, -0.1) is 0 Å². The van der Waals surface area contributed by atoms with E-state index in [-0.39, 0.29) is 12.3 Å². The predicted octanol–water partition coefficient (Wildman–Crippen LogP) is 2.14. The number of halogens is 1. The number of methoxy groups -OCH3 is 1. The highest BCUT2D eigenvalue weighted by Crippen LogP contribution is 2.31. The molecule has 0 radical (unpaired) electrons. The fraction of sp³-hybridized carbons (Fsp3) is 0.190. The minimum Gasteiger partial charge on any atom is -0.546 e. The molecule has 0 aliphatic heterocycles. The normalized spacial score (nSPS) is 10.7. The van der Waals surface area contributed by atoms with Crippen molar-refractivity contribution in [3.8, 4) is 5.75 Å². The number of carbonyl (C=O) groups is 3. The summed E-state index contributed by atoms with van der Waals surface area (Å²) in [6.07, 6.45) is -0.205. The van der Waals surface area contributed by atoms with Crippen molar-refractivity contribution in [2.75, 3.05) is 13.7 Å². The summed E-state index contributed by atoms with van der Waals surface area (Å²) >= 11 is 5.91. The lowest BCUT2D eigenvalue weighted by atomic mass is 10.1. The van der Waals surface area contributed by atoms with Gasteiger partial charge in [-0.05, 0) is 55.0 Å². The molecule has 0 amide bonds. The van der Waals surface area contributed by atoms with E-state index in [4.69, 9.17) is 21.1 Å². The molecule has 150 valence electrons. The first-order chi connectivity index (χ1) is 13.8. The average Bonchev–Trinajstić information content (AvgIpc) is 2.97. The molecule has 0 aliphatic carbocycles. The Hall–Kier alpha value is -3.32. The van der Waals surface area contributed by atoms with Crippen LogP contribution in [0.3, 0.4) is 0 Å². The van der Waals surface area contributed by atoms with Gasteiger partial charge in [-0.25, -0.2) is 0 Å². The second-order valence-electron chi connectivity index (χ2n) is 6.30. The molecule has 0 aliphatic rings. The molecule has 8 heteroatoms. The summed E-state index contributed by atoms with van der Waals surface area (Å²) < 4.78 is 11.5. The zero-order valence-electron chi connectivity index (χ0n) is 15.7. The van der Waals surface area contributed by atoms with Gasteiger partial charge < -0.3 is 19.4 Å². The van der Waals surface area contributed by atoms with Gasteiger partial charge >= 0.3 is 5.97 Å². The molecule has 0 unspecified atom stereocenters. The highest BCUT2D eigenvalue weighted by Gasteiger charge is 2.22. The van der Waals surface area contributed by atoms with Crippen LogP contribution in [-0.2, 0) is 20.7 Å². The van der Waals surface area contributed by atoms with Crippen molar-refractivity contribution in [2.24, 2.45) is 0 Å². The van der Waals surface area contributed by atoms with Gasteiger partial charge in [0.1, 0.15) is 12.4 Å². The van der Waals surface area contributed by atoms with Gasteiger partial charge in [-0.3, -0.25) is 14.2 Å². The maximum atomic E-state index is 13.1. The van der Waals surface area contributed by atoms with E-state index < -0.39 is 18.5 Å². The number of hydrogen-bond acceptors (Lipinski definition) is 6. The summed E-state index contributed by atoms with van der Waals surface area (Å²) in [5, 5.41) is 11.7. The van der Waals surface area contributed by atoms with E-state index in [1.165, 1.54) is 11.7 Å². The third kappa shape index (κ3) is 4.25. The van der Waals surface area contributed by atoms with Crippen molar-refractivity contribution >= 4 is 40.3 Å². The fourth-order valence-corrected chi connectivity index (χ4v) is 3.26. The molecule has 0 atom stereocenters. The highest BCUT2D eigenvalue weighted by atomic mass is 35.5. The molecule has 0 N–H and O–H groups in total. The second kappa shape index (κ2) is 8.36. The van der Waals surface area contributed by atoms with Gasteiger partial charge in [0.15, 0.2) is 0 Å². The number of carbonyl (C=O) groups excluding carboxylic acids is 3. The zero-order valence-corrected chi connectivity index (χ0v) is 16.5. The first kappa shape index (κ1) is 20.4. The Bertz CT molecular complexity index is 1100. The third-order valence-corrected chi connectivity index (χ3v) is 4.76. The Balaban J connectivity index is 2.09. The van der Waals surface area contributed by atoms with E-state index in [0.717, 1.165) is 0 Å². The van der Waals surface area contributed by atoms with Crippen LogP contribution in [0.15, 0.2) is 42.5 Å². The van der Waals surface area contributed by atoms with Crippen molar-refractivity contribution in [1.82, 2.24) is 4.57 Å². The number of hydrogen-bond donors (Lipinski definition) is 0. The molecule has 0 fully saturated rings. The van der Waals surface area contributed by atoms with Crippen LogP contribution in [0.25, 0.3) is 10.9 Å². The lowest BCUT2D eigenvalue weighted by Gasteiger charge is -2.08. The SMILES string of the molecule is COc1ccc2c(c1)c(CC(=O)OCC(=O)[O-])c(C)n2C(=O)c1ccc(Cl)cc1. The molecule has 1 heterocycles. The molecule has 0 bridgehead atoms. The van der Waals surface area contributed by atoms with Gasteiger partial charge in [-0.1, -0.05) is 11.6 Å². The minimum absolute atomic E-state index is 0.205. The number of carboxylic acids is 1. The maximum Gasteiger partial charge on any atom is 0.310 e. The van der Waals surface area contributed by atoms with Crippen molar-refractivity contribution < 1.29 is 29.0 Å². The first-order valence-corrected chi connectivity index (χ1v) is 9.03. The third-order valence-electron chi connectivity index (χ3n) is 4.51. The highest BCUT2D eigenvalue weighted by molar-refractivity contribution is 6.30. The molecule has 3 aromatic rings. The Morgan fingerprint density at radius 3 is 2.41 bits per heavy atom. The molecule has 0 spiro atoms. The summed E-state index contributed by atoms with van der Waals surface area (Å²) in [7, 11) is 1.51. The van der Waals surface area contributed by atoms with E-state index in [1.54, 1.807) is 49.4 Å². The number of aromatic nitrogens is 1. The Morgan fingerprint density at radius 2 is 1.79 bits per heavy atom. The van der Waals surface area contributed by atoms with E-state index in [9.17, 15) is 19.5 Å². The molecular formula is C21H17ClNO6-. The number of carboxylic acid groups (broad SMARTS) is 1. The first-order valence-electron chi connectivity index (χ1n) is 8.65. The molecule has 0 saturated carbocycles. The smallest absolute Gasteiger partial charge is 0.310 e. The average molecular weight is 415 g/mol. The van der Waals surface area contributed by atoms with Crippen LogP contribution >= 0.6 is 11.6 Å². The number of esters is 1. The standard InChI is InChI=1S/C21H18ClNO6/c1-12-16(10-20(26)29-11-19(24)25)17-9-15(28-2)7-8-18(17)23(12)21(27)13-3-5-14(22)6-4-13/h3-9H,10-11H2,1-2H3,(H,24,25)/p-1. The van der Waals surface area contributed by atoms with E-state index >= 15 is 0 Å². The van der Waals surface area contributed by atoms with Crippen LogP contribution in [0.5, 0.6) is 5.75 Å². The molecule has 29 heavy (non-hydrogen) atoms. The molecule has 1 aromatic heterocycles. The van der Waals surface area contributed by atoms with Crippen molar-refractivity contribution in [3.63, 3.8) is 0 Å². The minimum atomic E-state index is -1.49. The molecular weight excluding hydrogens is 398 g/mol. The summed E-state index contributed by atoms with van der Waals surface area (Å²) in [4.78, 5) is 35.8.